The van der Waals surface area contributed by atoms with E-state index < -0.39 is 5.51 Å². The third kappa shape index (κ3) is 7.86. The zero-order chi connectivity index (χ0) is 25.7. The lowest BCUT2D eigenvalue weighted by Crippen LogP contribution is -2.42. The number of hydrogen-bond acceptors (Lipinski definition) is 4. The lowest BCUT2D eigenvalue weighted by atomic mass is 9.91. The Bertz CT molecular complexity index is 1020. The number of thioether (sulfide) groups is 1. The summed E-state index contributed by atoms with van der Waals surface area (Å²) in [5, 5.41) is 4.13. The molecule has 1 N–H and O–H groups in total. The highest BCUT2D eigenvalue weighted by molar-refractivity contribution is 8.00. The van der Waals surface area contributed by atoms with E-state index in [-0.39, 0.29) is 33.6 Å². The number of benzene rings is 2. The van der Waals surface area contributed by atoms with E-state index >= 15 is 0 Å². The van der Waals surface area contributed by atoms with Crippen LogP contribution in [0.4, 0.5) is 24.5 Å². The molecule has 2 aromatic carbocycles. The van der Waals surface area contributed by atoms with Crippen molar-refractivity contribution in [2.45, 2.75) is 55.0 Å². The van der Waals surface area contributed by atoms with Crippen LogP contribution in [0.3, 0.4) is 0 Å². The summed E-state index contributed by atoms with van der Waals surface area (Å²) in [6, 6.07) is 12.7. The highest BCUT2D eigenvalue weighted by atomic mass is 35.5. The Morgan fingerprint density at radius 1 is 0.972 bits per heavy atom. The van der Waals surface area contributed by atoms with E-state index in [1.165, 1.54) is 17.8 Å². The van der Waals surface area contributed by atoms with Crippen molar-refractivity contribution in [3.63, 3.8) is 0 Å². The van der Waals surface area contributed by atoms with Gasteiger partial charge in [-0.1, -0.05) is 23.2 Å². The molecule has 0 saturated carbocycles. The van der Waals surface area contributed by atoms with Crippen molar-refractivity contribution in [2.24, 2.45) is 5.92 Å². The molecule has 0 atom stereocenters. The van der Waals surface area contributed by atoms with Gasteiger partial charge >= 0.3 is 5.51 Å². The topological polar surface area (TPSA) is 35.6 Å². The van der Waals surface area contributed by atoms with Crippen molar-refractivity contribution in [1.29, 1.82) is 0 Å². The number of halogens is 5. The lowest BCUT2D eigenvalue weighted by molar-refractivity contribution is -0.132. The number of rotatable bonds is 7. The summed E-state index contributed by atoms with van der Waals surface area (Å²) in [5.41, 5.74) is -2.58. The van der Waals surface area contributed by atoms with E-state index in [4.69, 9.17) is 23.2 Å². The van der Waals surface area contributed by atoms with E-state index in [9.17, 15) is 18.0 Å². The fourth-order valence-electron chi connectivity index (χ4n) is 4.92. The van der Waals surface area contributed by atoms with Crippen LogP contribution in [0.5, 0.6) is 0 Å². The molecule has 0 unspecified atom stereocenters. The third-order valence-corrected chi connectivity index (χ3v) is 8.43. The van der Waals surface area contributed by atoms with E-state index in [0.717, 1.165) is 50.2 Å². The molecule has 2 aliphatic heterocycles. The molecule has 2 fully saturated rings. The molecule has 1 amide bonds. The molecule has 36 heavy (non-hydrogen) atoms. The van der Waals surface area contributed by atoms with Gasteiger partial charge in [-0.05, 0) is 92.2 Å². The molecular weight excluding hydrogens is 530 g/mol. The maximum Gasteiger partial charge on any atom is 0.446 e. The predicted octanol–water partition coefficient (Wildman–Crippen LogP) is 7.71. The minimum atomic E-state index is -4.39. The van der Waals surface area contributed by atoms with Crippen LogP contribution in [-0.4, -0.2) is 48.5 Å². The molecule has 2 heterocycles. The Balaban J connectivity index is 1.17. The number of alkyl halides is 3. The molecular formula is C26H30Cl2F3N3OS. The Labute approximate surface area is 224 Å². The van der Waals surface area contributed by atoms with Gasteiger partial charge in [-0.15, -0.1) is 0 Å². The van der Waals surface area contributed by atoms with Crippen LogP contribution >= 0.6 is 35.0 Å². The number of carbonyl (C=O) groups excluding carboxylic acids is 1. The number of hydrogen-bond donors (Lipinski definition) is 1. The Morgan fingerprint density at radius 2 is 1.64 bits per heavy atom. The van der Waals surface area contributed by atoms with Gasteiger partial charge in [0, 0.05) is 59.9 Å². The van der Waals surface area contributed by atoms with Crippen molar-refractivity contribution in [3.05, 3.63) is 52.5 Å². The van der Waals surface area contributed by atoms with Gasteiger partial charge < -0.3 is 15.1 Å². The SMILES string of the molecule is O=C(CCC1CCN(c2ccc(Cl)cc2)CC1)N1CCC(Nc2ccc(Cl)c(SC(F)(F)F)c2)CC1. The second kappa shape index (κ2) is 12.2. The number of nitrogens with zero attached hydrogens (tertiary/aromatic N) is 2. The maximum atomic E-state index is 12.8. The molecule has 0 aromatic heterocycles. The fourth-order valence-corrected chi connectivity index (χ4v) is 5.88. The summed E-state index contributed by atoms with van der Waals surface area (Å²) >= 11 is 11.7. The Kier molecular flexibility index (Phi) is 9.23. The molecule has 2 aliphatic rings. The molecule has 2 aromatic rings. The van der Waals surface area contributed by atoms with Crippen molar-refractivity contribution < 1.29 is 18.0 Å². The van der Waals surface area contributed by atoms with Crippen molar-refractivity contribution in [1.82, 2.24) is 4.90 Å². The van der Waals surface area contributed by atoms with Gasteiger partial charge in [0.05, 0.1) is 5.02 Å². The summed E-state index contributed by atoms with van der Waals surface area (Å²) in [7, 11) is 0. The van der Waals surface area contributed by atoms with Crippen LogP contribution in [0.1, 0.15) is 38.5 Å². The van der Waals surface area contributed by atoms with Crippen LogP contribution in [-0.2, 0) is 4.79 Å². The number of carbonyl (C=O) groups is 1. The first-order valence-corrected chi connectivity index (χ1v) is 13.8. The van der Waals surface area contributed by atoms with Crippen LogP contribution in [0, 0.1) is 5.92 Å². The summed E-state index contributed by atoms with van der Waals surface area (Å²) in [6.45, 7) is 3.30. The quantitative estimate of drug-likeness (QED) is 0.352. The number of anilines is 2. The van der Waals surface area contributed by atoms with Gasteiger partial charge in [0.2, 0.25) is 5.91 Å². The van der Waals surface area contributed by atoms with Crippen molar-refractivity contribution in [3.8, 4) is 0 Å². The fraction of sp³-hybridized carbons (Fsp3) is 0.500. The smallest absolute Gasteiger partial charge is 0.382 e. The van der Waals surface area contributed by atoms with E-state index in [1.54, 1.807) is 6.07 Å². The number of likely N-dealkylation sites (tertiary alicyclic amines) is 1. The minimum Gasteiger partial charge on any atom is -0.382 e. The molecule has 10 heteroatoms. The summed E-state index contributed by atoms with van der Waals surface area (Å²) in [6.07, 6.45) is 5.16. The molecule has 4 nitrogen and oxygen atoms in total. The van der Waals surface area contributed by atoms with Crippen LogP contribution in [0.15, 0.2) is 47.4 Å². The average molecular weight is 561 g/mol. The molecule has 0 spiro atoms. The normalized spacial score (nSPS) is 17.9. The summed E-state index contributed by atoms with van der Waals surface area (Å²) in [4.78, 5) is 17.1. The third-order valence-electron chi connectivity index (χ3n) is 6.95. The van der Waals surface area contributed by atoms with Crippen LogP contribution in [0.2, 0.25) is 10.0 Å². The summed E-state index contributed by atoms with van der Waals surface area (Å²) < 4.78 is 38.3. The first-order valence-electron chi connectivity index (χ1n) is 12.3. The van der Waals surface area contributed by atoms with Crippen molar-refractivity contribution >= 4 is 52.2 Å². The first kappa shape index (κ1) is 27.3. The van der Waals surface area contributed by atoms with E-state index in [2.05, 4.69) is 22.3 Å². The number of piperidine rings is 2. The molecule has 196 valence electrons. The molecule has 0 radical (unpaired) electrons. The second-order valence-corrected chi connectivity index (χ2v) is 11.4. The monoisotopic (exact) mass is 559 g/mol. The van der Waals surface area contributed by atoms with Gasteiger partial charge in [-0.3, -0.25) is 4.79 Å². The standard InChI is InChI=1S/C26H30Cl2F3N3OS/c27-19-2-5-22(6-3-19)33-13-9-18(10-14-33)1-8-25(35)34-15-11-20(12-16-34)32-21-4-7-23(28)24(17-21)36-26(29,30)31/h2-7,17-18,20,32H,1,8-16H2. The van der Waals surface area contributed by atoms with Gasteiger partial charge in [-0.25, -0.2) is 0 Å². The van der Waals surface area contributed by atoms with Crippen LogP contribution < -0.4 is 10.2 Å². The molecule has 2 saturated heterocycles. The van der Waals surface area contributed by atoms with E-state index in [1.807, 2.05) is 17.0 Å². The maximum absolute atomic E-state index is 12.8. The second-order valence-electron chi connectivity index (χ2n) is 9.44. The zero-order valence-corrected chi connectivity index (χ0v) is 22.2. The average Bonchev–Trinajstić information content (AvgIpc) is 2.85. The highest BCUT2D eigenvalue weighted by Crippen LogP contribution is 2.41. The molecule has 0 aliphatic carbocycles. The lowest BCUT2D eigenvalue weighted by Gasteiger charge is -2.35. The predicted molar refractivity (Wildman–Crippen MR) is 142 cm³/mol. The Morgan fingerprint density at radius 3 is 2.28 bits per heavy atom. The van der Waals surface area contributed by atoms with Crippen LogP contribution in [0.25, 0.3) is 0 Å². The Hall–Kier alpha value is -1.77. The van der Waals surface area contributed by atoms with E-state index in [0.29, 0.717) is 31.1 Å². The summed E-state index contributed by atoms with van der Waals surface area (Å²) in [5.74, 6) is 0.759. The highest BCUT2D eigenvalue weighted by Gasteiger charge is 2.31. The number of amides is 1. The van der Waals surface area contributed by atoms with Gasteiger partial charge in [0.1, 0.15) is 0 Å². The van der Waals surface area contributed by atoms with Crippen molar-refractivity contribution in [2.75, 3.05) is 36.4 Å². The van der Waals surface area contributed by atoms with Gasteiger partial charge in [0.25, 0.3) is 0 Å². The molecule has 0 bridgehead atoms. The number of nitrogens with one attached hydrogen (secondary N) is 1. The van der Waals surface area contributed by atoms with Gasteiger partial charge in [0.15, 0.2) is 0 Å². The first-order chi connectivity index (χ1) is 17.2. The largest absolute Gasteiger partial charge is 0.446 e. The zero-order valence-electron chi connectivity index (χ0n) is 19.9. The van der Waals surface area contributed by atoms with Gasteiger partial charge in [-0.2, -0.15) is 13.2 Å². The minimum absolute atomic E-state index is 0.0132. The molecule has 4 rings (SSSR count).